The maximum atomic E-state index is 10.4. The Morgan fingerprint density at radius 1 is 1.24 bits per heavy atom. The van der Waals surface area contributed by atoms with Crippen LogP contribution >= 0.6 is 15.9 Å². The molecule has 0 saturated heterocycles. The molecule has 2 nitrogen and oxygen atoms in total. The van der Waals surface area contributed by atoms with Gasteiger partial charge in [-0.3, -0.25) is 0 Å². The highest BCUT2D eigenvalue weighted by molar-refractivity contribution is 9.10. The van der Waals surface area contributed by atoms with Crippen molar-refractivity contribution in [2.24, 2.45) is 11.8 Å². The van der Waals surface area contributed by atoms with Gasteiger partial charge in [-0.2, -0.15) is 0 Å². The predicted molar refractivity (Wildman–Crippen MR) is 74.4 cm³/mol. The van der Waals surface area contributed by atoms with E-state index in [0.29, 0.717) is 5.92 Å². The molecule has 2 atom stereocenters. The average molecular weight is 301 g/mol. The zero-order chi connectivity index (χ0) is 13.2. The van der Waals surface area contributed by atoms with Gasteiger partial charge < -0.3 is 9.84 Å². The highest BCUT2D eigenvalue weighted by Gasteiger charge is 2.23. The summed E-state index contributed by atoms with van der Waals surface area (Å²) in [5.41, 5.74) is 1.96. The van der Waals surface area contributed by atoms with Crippen molar-refractivity contribution in [1.29, 1.82) is 0 Å². The predicted octanol–water partition coefficient (Wildman–Crippen LogP) is 4.09. The monoisotopic (exact) mass is 300 g/mol. The molecule has 1 N–H and O–H groups in total. The van der Waals surface area contributed by atoms with E-state index in [9.17, 15) is 5.11 Å². The second-order valence-electron chi connectivity index (χ2n) is 4.89. The zero-order valence-corrected chi connectivity index (χ0v) is 12.7. The summed E-state index contributed by atoms with van der Waals surface area (Å²) in [5, 5.41) is 10.4. The van der Waals surface area contributed by atoms with E-state index < -0.39 is 6.10 Å². The van der Waals surface area contributed by atoms with Gasteiger partial charge in [0.2, 0.25) is 0 Å². The lowest BCUT2D eigenvalue weighted by Gasteiger charge is -2.24. The molecule has 0 amide bonds. The van der Waals surface area contributed by atoms with Crippen molar-refractivity contribution >= 4 is 15.9 Å². The molecule has 1 aromatic rings. The standard InChI is InChI=1S/C14H21BrO2/c1-8(2)10(4)14(16)11-7-12(15)9(3)6-13(11)17-5/h6-8,10,14,16H,1-5H3. The highest BCUT2D eigenvalue weighted by atomic mass is 79.9. The highest BCUT2D eigenvalue weighted by Crippen LogP contribution is 2.36. The molecule has 0 aromatic heterocycles. The Bertz CT molecular complexity index is 388. The first kappa shape index (κ1) is 14.5. The van der Waals surface area contributed by atoms with Crippen molar-refractivity contribution in [3.8, 4) is 5.75 Å². The normalized spacial score (nSPS) is 14.8. The number of hydrogen-bond donors (Lipinski definition) is 1. The van der Waals surface area contributed by atoms with Crippen LogP contribution in [0.5, 0.6) is 5.75 Å². The number of hydrogen-bond acceptors (Lipinski definition) is 2. The Kier molecular flexibility index (Phi) is 5.02. The van der Waals surface area contributed by atoms with E-state index in [1.54, 1.807) is 7.11 Å². The molecule has 17 heavy (non-hydrogen) atoms. The SMILES string of the molecule is COc1cc(C)c(Br)cc1C(O)C(C)C(C)C. The molecule has 0 aliphatic carbocycles. The largest absolute Gasteiger partial charge is 0.496 e. The molecule has 0 fully saturated rings. The first-order valence-corrected chi connectivity index (χ1v) is 6.69. The molecule has 0 heterocycles. The second kappa shape index (κ2) is 5.87. The van der Waals surface area contributed by atoms with Gasteiger partial charge in [-0.15, -0.1) is 0 Å². The Labute approximate surface area is 112 Å². The van der Waals surface area contributed by atoms with Crippen LogP contribution < -0.4 is 4.74 Å². The summed E-state index contributed by atoms with van der Waals surface area (Å²) in [6.45, 7) is 8.30. The molecular weight excluding hydrogens is 280 g/mol. The zero-order valence-electron chi connectivity index (χ0n) is 11.1. The van der Waals surface area contributed by atoms with E-state index in [0.717, 1.165) is 21.3 Å². The molecule has 0 radical (unpaired) electrons. The van der Waals surface area contributed by atoms with Gasteiger partial charge in [0, 0.05) is 10.0 Å². The van der Waals surface area contributed by atoms with Crippen LogP contribution in [-0.4, -0.2) is 12.2 Å². The summed E-state index contributed by atoms with van der Waals surface area (Å²) in [4.78, 5) is 0. The van der Waals surface area contributed by atoms with E-state index in [1.807, 2.05) is 19.1 Å². The Morgan fingerprint density at radius 2 is 1.82 bits per heavy atom. The Balaban J connectivity index is 3.16. The summed E-state index contributed by atoms with van der Waals surface area (Å²) >= 11 is 3.50. The van der Waals surface area contributed by atoms with Crippen LogP contribution in [0.25, 0.3) is 0 Å². The van der Waals surface area contributed by atoms with E-state index in [-0.39, 0.29) is 5.92 Å². The van der Waals surface area contributed by atoms with Crippen molar-refractivity contribution < 1.29 is 9.84 Å². The topological polar surface area (TPSA) is 29.5 Å². The van der Waals surface area contributed by atoms with Crippen molar-refractivity contribution in [1.82, 2.24) is 0 Å². The molecule has 96 valence electrons. The minimum absolute atomic E-state index is 0.193. The first-order chi connectivity index (χ1) is 7.88. The molecule has 0 spiro atoms. The van der Waals surface area contributed by atoms with Gasteiger partial charge in [-0.05, 0) is 36.5 Å². The number of ether oxygens (including phenoxy) is 1. The first-order valence-electron chi connectivity index (χ1n) is 5.90. The van der Waals surface area contributed by atoms with Crippen molar-refractivity contribution in [3.05, 3.63) is 27.7 Å². The number of aliphatic hydroxyl groups excluding tert-OH is 1. The van der Waals surface area contributed by atoms with Crippen LogP contribution in [-0.2, 0) is 0 Å². The van der Waals surface area contributed by atoms with E-state index in [2.05, 4.69) is 36.7 Å². The number of aryl methyl sites for hydroxylation is 1. The van der Waals surface area contributed by atoms with Gasteiger partial charge in [0.1, 0.15) is 5.75 Å². The maximum absolute atomic E-state index is 10.4. The lowest BCUT2D eigenvalue weighted by Crippen LogP contribution is -2.16. The third-order valence-corrected chi connectivity index (χ3v) is 4.23. The Hall–Kier alpha value is -0.540. The molecule has 0 bridgehead atoms. The maximum Gasteiger partial charge on any atom is 0.125 e. The van der Waals surface area contributed by atoms with Gasteiger partial charge in [0.05, 0.1) is 13.2 Å². The van der Waals surface area contributed by atoms with Gasteiger partial charge in [-0.1, -0.05) is 36.7 Å². The van der Waals surface area contributed by atoms with Crippen LogP contribution in [0.2, 0.25) is 0 Å². The molecule has 1 aromatic carbocycles. The number of methoxy groups -OCH3 is 1. The van der Waals surface area contributed by atoms with Crippen molar-refractivity contribution in [3.63, 3.8) is 0 Å². The summed E-state index contributed by atoms with van der Waals surface area (Å²) in [6, 6.07) is 3.91. The van der Waals surface area contributed by atoms with Crippen LogP contribution in [0.1, 0.15) is 38.0 Å². The molecule has 0 aliphatic heterocycles. The number of benzene rings is 1. The average Bonchev–Trinajstić information content (AvgIpc) is 2.29. The third-order valence-electron chi connectivity index (χ3n) is 3.38. The summed E-state index contributed by atoms with van der Waals surface area (Å²) < 4.78 is 6.35. The van der Waals surface area contributed by atoms with Crippen LogP contribution in [0.4, 0.5) is 0 Å². The van der Waals surface area contributed by atoms with Crippen LogP contribution in [0, 0.1) is 18.8 Å². The minimum Gasteiger partial charge on any atom is -0.496 e. The molecule has 0 saturated carbocycles. The Morgan fingerprint density at radius 3 is 2.29 bits per heavy atom. The third kappa shape index (κ3) is 3.23. The van der Waals surface area contributed by atoms with Crippen LogP contribution in [0.3, 0.4) is 0 Å². The summed E-state index contributed by atoms with van der Waals surface area (Å²) in [5.74, 6) is 1.37. The molecule has 1 rings (SSSR count). The van der Waals surface area contributed by atoms with Gasteiger partial charge in [0.25, 0.3) is 0 Å². The molecule has 2 unspecified atom stereocenters. The molecule has 3 heteroatoms. The van der Waals surface area contributed by atoms with Gasteiger partial charge in [0.15, 0.2) is 0 Å². The van der Waals surface area contributed by atoms with E-state index in [4.69, 9.17) is 4.74 Å². The second-order valence-corrected chi connectivity index (χ2v) is 5.75. The van der Waals surface area contributed by atoms with E-state index >= 15 is 0 Å². The van der Waals surface area contributed by atoms with Gasteiger partial charge in [-0.25, -0.2) is 0 Å². The van der Waals surface area contributed by atoms with Crippen LogP contribution in [0.15, 0.2) is 16.6 Å². The summed E-state index contributed by atoms with van der Waals surface area (Å²) in [7, 11) is 1.64. The van der Waals surface area contributed by atoms with Crippen molar-refractivity contribution in [2.75, 3.05) is 7.11 Å². The van der Waals surface area contributed by atoms with E-state index in [1.165, 1.54) is 0 Å². The lowest BCUT2D eigenvalue weighted by molar-refractivity contribution is 0.0895. The fourth-order valence-electron chi connectivity index (χ4n) is 1.73. The molecule has 0 aliphatic rings. The lowest BCUT2D eigenvalue weighted by atomic mass is 9.87. The van der Waals surface area contributed by atoms with Gasteiger partial charge >= 0.3 is 0 Å². The quantitative estimate of drug-likeness (QED) is 0.907. The summed E-state index contributed by atoms with van der Waals surface area (Å²) in [6.07, 6.45) is -0.498. The minimum atomic E-state index is -0.498. The fourth-order valence-corrected chi connectivity index (χ4v) is 2.09. The number of aliphatic hydroxyl groups is 1. The fraction of sp³-hybridized carbons (Fsp3) is 0.571. The number of rotatable bonds is 4. The molecular formula is C14H21BrO2. The number of halogens is 1. The van der Waals surface area contributed by atoms with Crippen molar-refractivity contribution in [2.45, 2.75) is 33.8 Å². The smallest absolute Gasteiger partial charge is 0.125 e.